The molecule has 1 fully saturated rings. The molecule has 2 rings (SSSR count). The normalized spacial score (nSPS) is 21.8. The molecule has 1 aromatic rings. The van der Waals surface area contributed by atoms with Crippen LogP contribution < -0.4 is 10.1 Å². The van der Waals surface area contributed by atoms with E-state index in [9.17, 15) is 0 Å². The first-order chi connectivity index (χ1) is 10.2. The molecule has 0 saturated carbocycles. The van der Waals surface area contributed by atoms with Crippen molar-refractivity contribution in [2.24, 2.45) is 0 Å². The van der Waals surface area contributed by atoms with E-state index in [0.717, 1.165) is 45.0 Å². The number of benzene rings is 1. The summed E-state index contributed by atoms with van der Waals surface area (Å²) in [5.74, 6) is 0.908. The van der Waals surface area contributed by atoms with Gasteiger partial charge in [-0.1, -0.05) is 19.1 Å². The highest BCUT2D eigenvalue weighted by atomic mass is 16.5. The highest BCUT2D eigenvalue weighted by molar-refractivity contribution is 5.29. The first kappa shape index (κ1) is 16.3. The average molecular weight is 292 g/mol. The molecule has 0 amide bonds. The highest BCUT2D eigenvalue weighted by Crippen LogP contribution is 2.19. The van der Waals surface area contributed by atoms with Crippen molar-refractivity contribution in [1.29, 1.82) is 0 Å². The van der Waals surface area contributed by atoms with E-state index in [4.69, 9.17) is 9.47 Å². The predicted octanol–water partition coefficient (Wildman–Crippen LogP) is 2.46. The second-order valence-electron chi connectivity index (χ2n) is 5.68. The lowest BCUT2D eigenvalue weighted by Crippen LogP contribution is -2.38. The Bertz CT molecular complexity index is 408. The fraction of sp³-hybridized carbons (Fsp3) is 0.647. The molecule has 1 heterocycles. The zero-order chi connectivity index (χ0) is 15.1. The van der Waals surface area contributed by atoms with E-state index in [1.54, 1.807) is 7.11 Å². The van der Waals surface area contributed by atoms with Crippen molar-refractivity contribution in [3.8, 4) is 5.75 Å². The third-order valence-corrected chi connectivity index (χ3v) is 3.95. The molecule has 21 heavy (non-hydrogen) atoms. The quantitative estimate of drug-likeness (QED) is 0.873. The van der Waals surface area contributed by atoms with Crippen LogP contribution in [0.2, 0.25) is 0 Å². The molecule has 4 heteroatoms. The van der Waals surface area contributed by atoms with Crippen molar-refractivity contribution < 1.29 is 9.47 Å². The smallest absolute Gasteiger partial charge is 0.118 e. The summed E-state index contributed by atoms with van der Waals surface area (Å²) in [6, 6.07) is 8.74. The van der Waals surface area contributed by atoms with Crippen LogP contribution in [-0.2, 0) is 4.74 Å². The standard InChI is InChI=1S/C17H28N2O2/c1-4-18-17(15-6-8-16(20-3)9-7-15)13-19-10-5-11-21-14(2)12-19/h6-9,14,17-18H,4-5,10-13H2,1-3H3. The van der Waals surface area contributed by atoms with Gasteiger partial charge in [-0.25, -0.2) is 0 Å². The van der Waals surface area contributed by atoms with Crippen LogP contribution in [0.25, 0.3) is 0 Å². The number of rotatable bonds is 6. The highest BCUT2D eigenvalue weighted by Gasteiger charge is 2.19. The maximum atomic E-state index is 5.73. The topological polar surface area (TPSA) is 33.7 Å². The Morgan fingerprint density at radius 1 is 1.38 bits per heavy atom. The molecule has 0 aromatic heterocycles. The van der Waals surface area contributed by atoms with Gasteiger partial charge in [0.2, 0.25) is 0 Å². The summed E-state index contributed by atoms with van der Waals surface area (Å²) in [6.45, 7) is 9.32. The van der Waals surface area contributed by atoms with Gasteiger partial charge in [-0.3, -0.25) is 4.90 Å². The molecule has 1 aliphatic heterocycles. The summed E-state index contributed by atoms with van der Waals surface area (Å²) in [4.78, 5) is 2.51. The number of ether oxygens (including phenoxy) is 2. The molecule has 0 radical (unpaired) electrons. The minimum atomic E-state index is 0.325. The summed E-state index contributed by atoms with van der Waals surface area (Å²) in [7, 11) is 1.70. The molecule has 1 N–H and O–H groups in total. The van der Waals surface area contributed by atoms with Gasteiger partial charge in [-0.15, -0.1) is 0 Å². The van der Waals surface area contributed by atoms with E-state index in [1.165, 1.54) is 5.56 Å². The number of likely N-dealkylation sites (N-methyl/N-ethyl adjacent to an activating group) is 1. The van der Waals surface area contributed by atoms with Gasteiger partial charge in [0.1, 0.15) is 5.75 Å². The van der Waals surface area contributed by atoms with Gasteiger partial charge < -0.3 is 14.8 Å². The van der Waals surface area contributed by atoms with Crippen molar-refractivity contribution in [1.82, 2.24) is 10.2 Å². The number of nitrogens with one attached hydrogen (secondary N) is 1. The first-order valence-corrected chi connectivity index (χ1v) is 7.94. The zero-order valence-electron chi connectivity index (χ0n) is 13.5. The Morgan fingerprint density at radius 3 is 2.81 bits per heavy atom. The monoisotopic (exact) mass is 292 g/mol. The van der Waals surface area contributed by atoms with Crippen LogP contribution in [0.4, 0.5) is 0 Å². The summed E-state index contributed by atoms with van der Waals surface area (Å²) in [6.07, 6.45) is 1.44. The minimum Gasteiger partial charge on any atom is -0.497 e. The van der Waals surface area contributed by atoms with E-state index in [2.05, 4.69) is 36.2 Å². The van der Waals surface area contributed by atoms with Gasteiger partial charge in [0.05, 0.1) is 13.2 Å². The lowest BCUT2D eigenvalue weighted by molar-refractivity contribution is 0.0664. The van der Waals surface area contributed by atoms with E-state index in [1.807, 2.05) is 12.1 Å². The molecule has 1 saturated heterocycles. The second-order valence-corrected chi connectivity index (χ2v) is 5.68. The van der Waals surface area contributed by atoms with Crippen molar-refractivity contribution in [3.63, 3.8) is 0 Å². The lowest BCUT2D eigenvalue weighted by Gasteiger charge is -2.28. The van der Waals surface area contributed by atoms with Gasteiger partial charge in [0.15, 0.2) is 0 Å². The molecule has 0 aliphatic carbocycles. The van der Waals surface area contributed by atoms with Crippen molar-refractivity contribution in [2.75, 3.05) is 39.9 Å². The van der Waals surface area contributed by atoms with Crippen LogP contribution in [0.3, 0.4) is 0 Å². The fourth-order valence-electron chi connectivity index (χ4n) is 2.87. The van der Waals surface area contributed by atoms with Crippen LogP contribution in [0.1, 0.15) is 31.9 Å². The van der Waals surface area contributed by atoms with Crippen LogP contribution in [0.5, 0.6) is 5.75 Å². The molecule has 2 atom stereocenters. The van der Waals surface area contributed by atoms with Gasteiger partial charge in [-0.05, 0) is 37.6 Å². The largest absolute Gasteiger partial charge is 0.497 e. The molecular formula is C17H28N2O2. The first-order valence-electron chi connectivity index (χ1n) is 7.94. The molecule has 0 bridgehead atoms. The third kappa shape index (κ3) is 4.99. The van der Waals surface area contributed by atoms with Crippen molar-refractivity contribution in [3.05, 3.63) is 29.8 Å². The van der Waals surface area contributed by atoms with Gasteiger partial charge in [-0.2, -0.15) is 0 Å². The van der Waals surface area contributed by atoms with Gasteiger partial charge in [0.25, 0.3) is 0 Å². The Labute approximate surface area is 128 Å². The zero-order valence-corrected chi connectivity index (χ0v) is 13.5. The predicted molar refractivity (Wildman–Crippen MR) is 85.9 cm³/mol. The second kappa shape index (κ2) is 8.37. The lowest BCUT2D eigenvalue weighted by atomic mass is 10.1. The van der Waals surface area contributed by atoms with Crippen LogP contribution in [0.15, 0.2) is 24.3 Å². The molecule has 2 unspecified atom stereocenters. The Morgan fingerprint density at radius 2 is 2.14 bits per heavy atom. The molecule has 0 spiro atoms. The number of nitrogens with zero attached hydrogens (tertiary/aromatic N) is 1. The molecule has 4 nitrogen and oxygen atoms in total. The van der Waals surface area contributed by atoms with Crippen molar-refractivity contribution >= 4 is 0 Å². The third-order valence-electron chi connectivity index (χ3n) is 3.95. The molecule has 1 aliphatic rings. The van der Waals surface area contributed by atoms with E-state index >= 15 is 0 Å². The average Bonchev–Trinajstić information content (AvgIpc) is 2.71. The minimum absolute atomic E-state index is 0.325. The maximum absolute atomic E-state index is 5.73. The summed E-state index contributed by atoms with van der Waals surface area (Å²) < 4.78 is 11.0. The summed E-state index contributed by atoms with van der Waals surface area (Å²) >= 11 is 0. The Kier molecular flexibility index (Phi) is 6.49. The number of hydrogen-bond acceptors (Lipinski definition) is 4. The van der Waals surface area contributed by atoms with E-state index < -0.39 is 0 Å². The van der Waals surface area contributed by atoms with Crippen LogP contribution >= 0.6 is 0 Å². The Hall–Kier alpha value is -1.10. The van der Waals surface area contributed by atoms with Crippen LogP contribution in [0, 0.1) is 0 Å². The Balaban J connectivity index is 2.02. The van der Waals surface area contributed by atoms with E-state index in [-0.39, 0.29) is 0 Å². The van der Waals surface area contributed by atoms with Gasteiger partial charge in [0, 0.05) is 32.3 Å². The SMILES string of the molecule is CCNC(CN1CCCOC(C)C1)c1ccc(OC)cc1. The molecular weight excluding hydrogens is 264 g/mol. The van der Waals surface area contributed by atoms with Crippen LogP contribution in [-0.4, -0.2) is 50.9 Å². The fourth-order valence-corrected chi connectivity index (χ4v) is 2.87. The summed E-state index contributed by atoms with van der Waals surface area (Å²) in [5.41, 5.74) is 1.32. The maximum Gasteiger partial charge on any atom is 0.118 e. The summed E-state index contributed by atoms with van der Waals surface area (Å²) in [5, 5.41) is 3.60. The molecule has 118 valence electrons. The van der Waals surface area contributed by atoms with E-state index in [0.29, 0.717) is 12.1 Å². The molecule has 1 aromatic carbocycles. The number of methoxy groups -OCH3 is 1. The number of hydrogen-bond donors (Lipinski definition) is 1. The van der Waals surface area contributed by atoms with Crippen molar-refractivity contribution in [2.45, 2.75) is 32.4 Å². The van der Waals surface area contributed by atoms with Gasteiger partial charge >= 0.3 is 0 Å².